The molecule has 0 aliphatic rings. The fraction of sp³-hybridized carbons (Fsp3) is 0.333. The lowest BCUT2D eigenvalue weighted by Crippen LogP contribution is -2.31. The smallest absolute Gasteiger partial charge is 0.319 e. The van der Waals surface area contributed by atoms with Crippen molar-refractivity contribution in [2.75, 3.05) is 25.6 Å². The second-order valence-corrected chi connectivity index (χ2v) is 5.42. The number of hydrogen-bond acceptors (Lipinski definition) is 4. The number of rotatable bonds is 7. The molecule has 0 saturated heterocycles. The van der Waals surface area contributed by atoms with Crippen molar-refractivity contribution in [1.29, 1.82) is 0 Å². The van der Waals surface area contributed by atoms with E-state index in [2.05, 4.69) is 15.6 Å². The van der Waals surface area contributed by atoms with E-state index in [0.717, 1.165) is 11.3 Å². The van der Waals surface area contributed by atoms with Gasteiger partial charge in [-0.2, -0.15) is 0 Å². The molecule has 24 heavy (non-hydrogen) atoms. The highest BCUT2D eigenvalue weighted by Gasteiger charge is 2.12. The van der Waals surface area contributed by atoms with E-state index in [0.29, 0.717) is 24.7 Å². The first kappa shape index (κ1) is 17.7. The molecule has 0 aliphatic carbocycles. The predicted molar refractivity (Wildman–Crippen MR) is 93.4 cm³/mol. The van der Waals surface area contributed by atoms with Crippen molar-refractivity contribution in [2.24, 2.45) is 0 Å². The van der Waals surface area contributed by atoms with Gasteiger partial charge >= 0.3 is 6.03 Å². The van der Waals surface area contributed by atoms with Crippen LogP contribution >= 0.6 is 0 Å². The highest BCUT2D eigenvalue weighted by atomic mass is 16.5. The van der Waals surface area contributed by atoms with Gasteiger partial charge in [0.15, 0.2) is 0 Å². The number of carbonyl (C=O) groups excluding carboxylic acids is 1. The van der Waals surface area contributed by atoms with Gasteiger partial charge in [-0.3, -0.25) is 4.98 Å². The third-order valence-corrected chi connectivity index (χ3v) is 3.41. The molecular formula is C18H23N3O3. The van der Waals surface area contributed by atoms with Gasteiger partial charge in [0.1, 0.15) is 12.4 Å². The Labute approximate surface area is 142 Å². The minimum atomic E-state index is -0.311. The van der Waals surface area contributed by atoms with Crippen molar-refractivity contribution in [3.63, 3.8) is 0 Å². The third kappa shape index (κ3) is 5.24. The van der Waals surface area contributed by atoms with Crippen LogP contribution in [0.3, 0.4) is 0 Å². The van der Waals surface area contributed by atoms with Crippen LogP contribution in [-0.2, 0) is 4.74 Å². The highest BCUT2D eigenvalue weighted by Crippen LogP contribution is 2.25. The van der Waals surface area contributed by atoms with Gasteiger partial charge in [-0.1, -0.05) is 12.1 Å². The summed E-state index contributed by atoms with van der Waals surface area (Å²) < 4.78 is 10.7. The van der Waals surface area contributed by atoms with E-state index in [1.807, 2.05) is 50.2 Å². The Hall–Kier alpha value is -2.60. The minimum absolute atomic E-state index is 0.200. The fourth-order valence-electron chi connectivity index (χ4n) is 2.15. The first-order valence-electron chi connectivity index (χ1n) is 7.81. The molecule has 128 valence electrons. The Morgan fingerprint density at radius 2 is 2.08 bits per heavy atom. The standard InChI is InChI=1S/C18H23N3O3/c1-13-7-8-16(17(12-13)24-11-10-23-3)21-18(22)20-14(2)15-6-4-5-9-19-15/h4-9,12,14H,10-11H2,1-3H3,(H2,20,21,22)/t14-/m1/s1. The molecule has 1 aromatic carbocycles. The van der Waals surface area contributed by atoms with Gasteiger partial charge in [-0.25, -0.2) is 4.79 Å². The van der Waals surface area contributed by atoms with E-state index >= 15 is 0 Å². The van der Waals surface area contributed by atoms with Crippen LogP contribution in [0.15, 0.2) is 42.6 Å². The minimum Gasteiger partial charge on any atom is -0.489 e. The molecule has 1 heterocycles. The Morgan fingerprint density at radius 3 is 2.79 bits per heavy atom. The van der Waals surface area contributed by atoms with Crippen molar-refractivity contribution in [3.8, 4) is 5.75 Å². The number of nitrogens with zero attached hydrogens (tertiary/aromatic N) is 1. The zero-order valence-corrected chi connectivity index (χ0v) is 14.2. The molecule has 0 fully saturated rings. The molecule has 0 bridgehead atoms. The fourth-order valence-corrected chi connectivity index (χ4v) is 2.15. The molecule has 2 aromatic rings. The summed E-state index contributed by atoms with van der Waals surface area (Å²) in [6.45, 7) is 4.75. The Morgan fingerprint density at radius 1 is 1.25 bits per heavy atom. The van der Waals surface area contributed by atoms with Crippen molar-refractivity contribution in [1.82, 2.24) is 10.3 Å². The van der Waals surface area contributed by atoms with Crippen molar-refractivity contribution in [2.45, 2.75) is 19.9 Å². The second kappa shape index (κ2) is 8.88. The maximum absolute atomic E-state index is 12.2. The summed E-state index contributed by atoms with van der Waals surface area (Å²) in [6, 6.07) is 10.7. The van der Waals surface area contributed by atoms with E-state index in [1.165, 1.54) is 0 Å². The molecule has 2 N–H and O–H groups in total. The van der Waals surface area contributed by atoms with Crippen molar-refractivity contribution < 1.29 is 14.3 Å². The van der Waals surface area contributed by atoms with E-state index in [9.17, 15) is 4.79 Å². The first-order valence-corrected chi connectivity index (χ1v) is 7.81. The molecule has 6 heteroatoms. The van der Waals surface area contributed by atoms with E-state index in [1.54, 1.807) is 13.3 Å². The summed E-state index contributed by atoms with van der Waals surface area (Å²) in [7, 11) is 1.62. The number of methoxy groups -OCH3 is 1. The van der Waals surface area contributed by atoms with Gasteiger partial charge < -0.3 is 20.1 Å². The zero-order chi connectivity index (χ0) is 17.4. The molecule has 0 spiro atoms. The lowest BCUT2D eigenvalue weighted by Gasteiger charge is -2.16. The number of nitrogens with one attached hydrogen (secondary N) is 2. The van der Waals surface area contributed by atoms with Gasteiger partial charge in [0.05, 0.1) is 24.0 Å². The van der Waals surface area contributed by atoms with Crippen LogP contribution in [-0.4, -0.2) is 31.3 Å². The van der Waals surface area contributed by atoms with Gasteiger partial charge in [-0.05, 0) is 43.7 Å². The Balaban J connectivity index is 2.00. The lowest BCUT2D eigenvalue weighted by atomic mass is 10.2. The number of pyridine rings is 1. The number of ether oxygens (including phenoxy) is 2. The number of aromatic nitrogens is 1. The van der Waals surface area contributed by atoms with Crippen LogP contribution in [0.5, 0.6) is 5.75 Å². The van der Waals surface area contributed by atoms with Crippen molar-refractivity contribution in [3.05, 3.63) is 53.9 Å². The van der Waals surface area contributed by atoms with E-state index in [4.69, 9.17) is 9.47 Å². The summed E-state index contributed by atoms with van der Waals surface area (Å²) in [6.07, 6.45) is 1.70. The SMILES string of the molecule is COCCOc1cc(C)ccc1NC(=O)N[C@H](C)c1ccccn1. The maximum Gasteiger partial charge on any atom is 0.319 e. The first-order chi connectivity index (χ1) is 11.6. The summed E-state index contributed by atoms with van der Waals surface area (Å²) in [5.41, 5.74) is 2.46. The average molecular weight is 329 g/mol. The quantitative estimate of drug-likeness (QED) is 0.765. The number of aryl methyl sites for hydroxylation is 1. The van der Waals surface area contributed by atoms with E-state index in [-0.39, 0.29) is 12.1 Å². The predicted octanol–water partition coefficient (Wildman–Crippen LogP) is 3.30. The van der Waals surface area contributed by atoms with Crippen molar-refractivity contribution >= 4 is 11.7 Å². The van der Waals surface area contributed by atoms with Gasteiger partial charge in [0, 0.05) is 13.3 Å². The van der Waals surface area contributed by atoms with Gasteiger partial charge in [0.25, 0.3) is 0 Å². The topological polar surface area (TPSA) is 72.5 Å². The number of carbonyl (C=O) groups is 1. The number of urea groups is 1. The molecule has 2 rings (SSSR count). The summed E-state index contributed by atoms with van der Waals surface area (Å²) in [5, 5.41) is 5.68. The van der Waals surface area contributed by atoms with Crippen LogP contribution in [0.4, 0.5) is 10.5 Å². The molecule has 1 atom stereocenters. The van der Waals surface area contributed by atoms with Crippen LogP contribution in [0, 0.1) is 6.92 Å². The second-order valence-electron chi connectivity index (χ2n) is 5.42. The number of hydrogen-bond donors (Lipinski definition) is 2. The highest BCUT2D eigenvalue weighted by molar-refractivity contribution is 5.91. The van der Waals surface area contributed by atoms with Crippen LogP contribution < -0.4 is 15.4 Å². The molecule has 6 nitrogen and oxygen atoms in total. The number of anilines is 1. The molecule has 2 amide bonds. The van der Waals surface area contributed by atoms with Crippen LogP contribution in [0.1, 0.15) is 24.2 Å². The monoisotopic (exact) mass is 329 g/mol. The van der Waals surface area contributed by atoms with Gasteiger partial charge in [0.2, 0.25) is 0 Å². The molecule has 0 unspecified atom stereocenters. The lowest BCUT2D eigenvalue weighted by molar-refractivity contribution is 0.146. The summed E-state index contributed by atoms with van der Waals surface area (Å²) >= 11 is 0. The number of benzene rings is 1. The summed E-state index contributed by atoms with van der Waals surface area (Å²) in [5.74, 6) is 0.618. The van der Waals surface area contributed by atoms with Gasteiger partial charge in [-0.15, -0.1) is 0 Å². The maximum atomic E-state index is 12.2. The Kier molecular flexibility index (Phi) is 6.57. The van der Waals surface area contributed by atoms with Crippen LogP contribution in [0.25, 0.3) is 0 Å². The summed E-state index contributed by atoms with van der Waals surface area (Å²) in [4.78, 5) is 16.5. The Bertz CT molecular complexity index is 662. The zero-order valence-electron chi connectivity index (χ0n) is 14.2. The molecule has 0 aliphatic heterocycles. The largest absolute Gasteiger partial charge is 0.489 e. The molecule has 1 aromatic heterocycles. The molecular weight excluding hydrogens is 306 g/mol. The number of amides is 2. The average Bonchev–Trinajstić information content (AvgIpc) is 2.58. The normalized spacial score (nSPS) is 11.6. The van der Waals surface area contributed by atoms with Crippen LogP contribution in [0.2, 0.25) is 0 Å². The molecule has 0 radical (unpaired) electrons. The third-order valence-electron chi connectivity index (χ3n) is 3.41. The van der Waals surface area contributed by atoms with E-state index < -0.39 is 0 Å². The molecule has 0 saturated carbocycles.